The van der Waals surface area contributed by atoms with Crippen LogP contribution in [-0.4, -0.2) is 17.2 Å². The first-order valence-corrected chi connectivity index (χ1v) is 4.34. The molecule has 0 heterocycles. The Bertz CT molecular complexity index is 379. The van der Waals surface area contributed by atoms with Gasteiger partial charge in [0.25, 0.3) is 0 Å². The van der Waals surface area contributed by atoms with Crippen molar-refractivity contribution in [2.45, 2.75) is 13.1 Å². The predicted molar refractivity (Wildman–Crippen MR) is 51.0 cm³/mol. The van der Waals surface area contributed by atoms with Crippen LogP contribution in [0.15, 0.2) is 12.1 Å². The fourth-order valence-electron chi connectivity index (χ4n) is 1.19. The zero-order valence-corrected chi connectivity index (χ0v) is 8.39. The Morgan fingerprint density at radius 3 is 2.20 bits per heavy atom. The molecule has 2 nitrogen and oxygen atoms in total. The van der Waals surface area contributed by atoms with Gasteiger partial charge in [0.15, 0.2) is 0 Å². The molecule has 0 aliphatic carbocycles. The average molecular weight is 238 g/mol. The van der Waals surface area contributed by atoms with Crippen LogP contribution in [0, 0.1) is 6.92 Å². The number of aryl methyl sites for hydroxylation is 1. The number of benzene rings is 1. The molecule has 1 aromatic rings. The number of rotatable bonds is 1. The summed E-state index contributed by atoms with van der Waals surface area (Å²) in [6.45, 7) is 1.25. The van der Waals surface area contributed by atoms with Crippen molar-refractivity contribution in [2.24, 2.45) is 0 Å². The van der Waals surface area contributed by atoms with Gasteiger partial charge in [-0.1, -0.05) is 11.6 Å². The van der Waals surface area contributed by atoms with E-state index in [2.05, 4.69) is 0 Å². The summed E-state index contributed by atoms with van der Waals surface area (Å²) in [5.74, 6) is 0. The van der Waals surface area contributed by atoms with Crippen LogP contribution in [0.4, 0.5) is 13.2 Å². The molecule has 0 saturated heterocycles. The third kappa shape index (κ3) is 2.65. The van der Waals surface area contributed by atoms with E-state index in [-0.39, 0.29) is 16.0 Å². The molecule has 1 rings (SSSR count). The Morgan fingerprint density at radius 1 is 1.27 bits per heavy atom. The highest BCUT2D eigenvalue weighted by Gasteiger charge is 2.34. The van der Waals surface area contributed by atoms with Crippen LogP contribution in [-0.2, 0) is 6.18 Å². The topological polar surface area (TPSA) is 40.5 Å². The molecule has 0 aromatic heterocycles. The first kappa shape index (κ1) is 12.4. The zero-order valence-electron chi connectivity index (χ0n) is 7.64. The van der Waals surface area contributed by atoms with Crippen molar-refractivity contribution < 1.29 is 23.2 Å². The number of hydrogen-bond donors (Lipinski definition) is 2. The van der Waals surface area contributed by atoms with Crippen LogP contribution in [0.5, 0.6) is 0 Å². The molecule has 0 unspecified atom stereocenters. The van der Waals surface area contributed by atoms with E-state index in [9.17, 15) is 13.2 Å². The molecule has 0 bridgehead atoms. The highest BCUT2D eigenvalue weighted by molar-refractivity contribution is 6.62. The Morgan fingerprint density at radius 2 is 1.80 bits per heavy atom. The second-order valence-corrected chi connectivity index (χ2v) is 3.47. The van der Waals surface area contributed by atoms with Gasteiger partial charge in [-0.05, 0) is 24.6 Å². The molecular weight excluding hydrogens is 231 g/mol. The number of alkyl halides is 3. The van der Waals surface area contributed by atoms with Crippen molar-refractivity contribution in [3.63, 3.8) is 0 Å². The smallest absolute Gasteiger partial charge is 0.423 e. The second kappa shape index (κ2) is 4.04. The minimum absolute atomic E-state index is 0.0584. The summed E-state index contributed by atoms with van der Waals surface area (Å²) in [6.07, 6.45) is -4.53. The standard InChI is InChI=1S/C8H7BClF3O2/c1-4-2-7(10)6(9(14)15)3-5(4)8(11,12)13/h2-3,14-15H,1H3. The largest absolute Gasteiger partial charge is 0.489 e. The van der Waals surface area contributed by atoms with E-state index in [1.165, 1.54) is 6.92 Å². The summed E-state index contributed by atoms with van der Waals surface area (Å²) in [7, 11) is -2.01. The van der Waals surface area contributed by atoms with Crippen LogP contribution < -0.4 is 5.46 Å². The number of halogens is 4. The maximum atomic E-state index is 12.4. The van der Waals surface area contributed by atoms with Crippen molar-refractivity contribution in [2.75, 3.05) is 0 Å². The molecule has 0 radical (unpaired) electrons. The van der Waals surface area contributed by atoms with Crippen LogP contribution in [0.25, 0.3) is 0 Å². The second-order valence-electron chi connectivity index (χ2n) is 3.06. The Hall–Kier alpha value is -0.715. The fraction of sp³-hybridized carbons (Fsp3) is 0.250. The minimum Gasteiger partial charge on any atom is -0.423 e. The SMILES string of the molecule is Cc1cc(Cl)c(B(O)O)cc1C(F)(F)F. The monoisotopic (exact) mass is 238 g/mol. The highest BCUT2D eigenvalue weighted by atomic mass is 35.5. The van der Waals surface area contributed by atoms with Crippen LogP contribution in [0.2, 0.25) is 5.02 Å². The highest BCUT2D eigenvalue weighted by Crippen LogP contribution is 2.32. The van der Waals surface area contributed by atoms with Gasteiger partial charge in [-0.3, -0.25) is 0 Å². The molecule has 0 amide bonds. The maximum absolute atomic E-state index is 12.4. The van der Waals surface area contributed by atoms with Crippen molar-refractivity contribution >= 4 is 24.2 Å². The van der Waals surface area contributed by atoms with Crippen molar-refractivity contribution in [3.05, 3.63) is 28.3 Å². The third-order valence-corrected chi connectivity index (χ3v) is 2.25. The van der Waals surface area contributed by atoms with Gasteiger partial charge < -0.3 is 10.0 Å². The lowest BCUT2D eigenvalue weighted by Gasteiger charge is -2.13. The van der Waals surface area contributed by atoms with Gasteiger partial charge in [0.05, 0.1) is 5.56 Å². The molecule has 0 spiro atoms. The molecule has 0 atom stereocenters. The summed E-state index contributed by atoms with van der Waals surface area (Å²) >= 11 is 5.56. The van der Waals surface area contributed by atoms with Gasteiger partial charge in [-0.15, -0.1) is 0 Å². The molecule has 0 fully saturated rings. The zero-order chi connectivity index (χ0) is 11.8. The molecule has 2 N–H and O–H groups in total. The molecular formula is C8H7BClF3O2. The quantitative estimate of drug-likeness (QED) is 0.725. The maximum Gasteiger partial charge on any atom is 0.489 e. The first-order chi connectivity index (χ1) is 6.73. The molecule has 0 aliphatic rings. The van der Waals surface area contributed by atoms with Crippen LogP contribution in [0.3, 0.4) is 0 Å². The summed E-state index contributed by atoms with van der Waals surface area (Å²) in [5.41, 5.74) is -1.33. The predicted octanol–water partition coefficient (Wildman–Crippen LogP) is 1.35. The summed E-state index contributed by atoms with van der Waals surface area (Å²) in [6, 6.07) is 1.70. The Kier molecular flexibility index (Phi) is 3.33. The number of hydrogen-bond acceptors (Lipinski definition) is 2. The Balaban J connectivity index is 3.37. The van der Waals surface area contributed by atoms with Gasteiger partial charge in [0.1, 0.15) is 0 Å². The molecule has 0 saturated carbocycles. The normalized spacial score (nSPS) is 11.7. The first-order valence-electron chi connectivity index (χ1n) is 3.97. The lowest BCUT2D eigenvalue weighted by Crippen LogP contribution is -2.32. The summed E-state index contributed by atoms with van der Waals surface area (Å²) in [4.78, 5) is 0. The van der Waals surface area contributed by atoms with Gasteiger partial charge in [-0.25, -0.2) is 0 Å². The fourth-order valence-corrected chi connectivity index (χ4v) is 1.51. The summed E-state index contributed by atoms with van der Waals surface area (Å²) < 4.78 is 37.3. The average Bonchev–Trinajstić information content (AvgIpc) is 2.00. The lowest BCUT2D eigenvalue weighted by atomic mass is 9.78. The minimum atomic E-state index is -4.53. The Labute approximate surface area is 89.4 Å². The molecule has 0 aliphatic heterocycles. The van der Waals surface area contributed by atoms with Crippen molar-refractivity contribution in [1.82, 2.24) is 0 Å². The van der Waals surface area contributed by atoms with E-state index in [0.29, 0.717) is 6.07 Å². The van der Waals surface area contributed by atoms with Crippen LogP contribution >= 0.6 is 11.6 Å². The summed E-state index contributed by atoms with van der Waals surface area (Å²) in [5, 5.41) is 17.5. The van der Waals surface area contributed by atoms with E-state index >= 15 is 0 Å². The van der Waals surface area contributed by atoms with E-state index < -0.39 is 18.9 Å². The van der Waals surface area contributed by atoms with E-state index in [4.69, 9.17) is 21.6 Å². The molecule has 15 heavy (non-hydrogen) atoms. The van der Waals surface area contributed by atoms with E-state index in [0.717, 1.165) is 6.07 Å². The van der Waals surface area contributed by atoms with Crippen LogP contribution in [0.1, 0.15) is 11.1 Å². The van der Waals surface area contributed by atoms with Crippen molar-refractivity contribution in [3.8, 4) is 0 Å². The molecule has 1 aromatic carbocycles. The van der Waals surface area contributed by atoms with Gasteiger partial charge in [0.2, 0.25) is 0 Å². The van der Waals surface area contributed by atoms with E-state index in [1.807, 2.05) is 0 Å². The third-order valence-electron chi connectivity index (χ3n) is 1.93. The van der Waals surface area contributed by atoms with Gasteiger partial charge >= 0.3 is 13.3 Å². The van der Waals surface area contributed by atoms with E-state index in [1.54, 1.807) is 0 Å². The molecule has 82 valence electrons. The van der Waals surface area contributed by atoms with Gasteiger partial charge in [0, 0.05) is 10.5 Å². The van der Waals surface area contributed by atoms with Gasteiger partial charge in [-0.2, -0.15) is 13.2 Å². The molecule has 7 heteroatoms. The van der Waals surface area contributed by atoms with Crippen molar-refractivity contribution in [1.29, 1.82) is 0 Å². The lowest BCUT2D eigenvalue weighted by molar-refractivity contribution is -0.138.